The molecule has 1 fully saturated rings. The van der Waals surface area contributed by atoms with E-state index in [9.17, 15) is 14.0 Å². The first-order valence-corrected chi connectivity index (χ1v) is 8.85. The van der Waals surface area contributed by atoms with E-state index in [0.29, 0.717) is 49.1 Å². The van der Waals surface area contributed by atoms with Gasteiger partial charge in [-0.2, -0.15) is 0 Å². The van der Waals surface area contributed by atoms with Gasteiger partial charge >= 0.3 is 11.8 Å². The Bertz CT molecular complexity index is 921. The predicted octanol–water partition coefficient (Wildman–Crippen LogP) is 2.63. The molecule has 0 spiro atoms. The quantitative estimate of drug-likeness (QED) is 0.756. The highest BCUT2D eigenvalue weighted by atomic mass is 35.5. The molecule has 0 aromatic heterocycles. The van der Waals surface area contributed by atoms with Crippen LogP contribution in [0, 0.1) is 5.82 Å². The SMILES string of the molecule is O=C1C(=O)N(c2ccc3c(c2)OCCO3)CCN1Cc1ccc(F)cc1Cl. The topological polar surface area (TPSA) is 59.1 Å². The Kier molecular flexibility index (Phi) is 4.61. The molecule has 2 aromatic rings. The minimum absolute atomic E-state index is 0.151. The number of carbonyl (C=O) groups excluding carboxylic acids is 2. The maximum atomic E-state index is 13.2. The van der Waals surface area contributed by atoms with E-state index in [4.69, 9.17) is 21.1 Å². The number of hydrogen-bond donors (Lipinski definition) is 0. The number of carbonyl (C=O) groups is 2. The van der Waals surface area contributed by atoms with Crippen molar-refractivity contribution in [2.75, 3.05) is 31.2 Å². The molecule has 2 amide bonds. The summed E-state index contributed by atoms with van der Waals surface area (Å²) in [7, 11) is 0. The van der Waals surface area contributed by atoms with Crippen LogP contribution in [-0.2, 0) is 16.1 Å². The van der Waals surface area contributed by atoms with Crippen LogP contribution in [0.2, 0.25) is 5.02 Å². The van der Waals surface area contributed by atoms with Gasteiger partial charge in [0.25, 0.3) is 0 Å². The first kappa shape index (κ1) is 17.6. The van der Waals surface area contributed by atoms with Gasteiger partial charge < -0.3 is 19.3 Å². The van der Waals surface area contributed by atoms with Crippen LogP contribution >= 0.6 is 11.6 Å². The fourth-order valence-corrected chi connectivity index (χ4v) is 3.35. The third-order valence-electron chi connectivity index (χ3n) is 4.52. The van der Waals surface area contributed by atoms with Crippen LogP contribution in [0.25, 0.3) is 0 Å². The van der Waals surface area contributed by atoms with E-state index in [1.54, 1.807) is 18.2 Å². The maximum absolute atomic E-state index is 13.2. The summed E-state index contributed by atoms with van der Waals surface area (Å²) in [5.41, 5.74) is 1.17. The lowest BCUT2D eigenvalue weighted by molar-refractivity contribution is -0.146. The number of anilines is 1. The highest BCUT2D eigenvalue weighted by Gasteiger charge is 2.34. The molecule has 0 bridgehead atoms. The molecule has 2 heterocycles. The third-order valence-corrected chi connectivity index (χ3v) is 4.87. The van der Waals surface area contributed by atoms with Gasteiger partial charge in [0.1, 0.15) is 19.0 Å². The van der Waals surface area contributed by atoms with Gasteiger partial charge in [-0.15, -0.1) is 0 Å². The summed E-state index contributed by atoms with van der Waals surface area (Å²) in [4.78, 5) is 28.0. The lowest BCUT2D eigenvalue weighted by Gasteiger charge is -2.34. The third kappa shape index (κ3) is 3.42. The maximum Gasteiger partial charge on any atom is 0.316 e. The summed E-state index contributed by atoms with van der Waals surface area (Å²) in [5.74, 6) is -0.532. The van der Waals surface area contributed by atoms with Gasteiger partial charge in [0.2, 0.25) is 0 Å². The van der Waals surface area contributed by atoms with Crippen molar-refractivity contribution in [3.63, 3.8) is 0 Å². The molecular formula is C19H16ClFN2O4. The Morgan fingerprint density at radius 1 is 0.963 bits per heavy atom. The molecule has 0 atom stereocenters. The van der Waals surface area contributed by atoms with E-state index < -0.39 is 17.6 Å². The van der Waals surface area contributed by atoms with Gasteiger partial charge in [-0.1, -0.05) is 17.7 Å². The molecule has 2 aliphatic rings. The molecule has 0 unspecified atom stereocenters. The first-order chi connectivity index (χ1) is 13.0. The monoisotopic (exact) mass is 390 g/mol. The second kappa shape index (κ2) is 7.08. The van der Waals surface area contributed by atoms with Crippen molar-refractivity contribution in [2.24, 2.45) is 0 Å². The number of amides is 2. The lowest BCUT2D eigenvalue weighted by Crippen LogP contribution is -2.54. The molecule has 27 heavy (non-hydrogen) atoms. The van der Waals surface area contributed by atoms with Crippen molar-refractivity contribution >= 4 is 29.1 Å². The van der Waals surface area contributed by atoms with Gasteiger partial charge in [0, 0.05) is 36.4 Å². The summed E-state index contributed by atoms with van der Waals surface area (Å²) < 4.78 is 24.2. The normalized spacial score (nSPS) is 16.7. The van der Waals surface area contributed by atoms with Gasteiger partial charge in [-0.25, -0.2) is 4.39 Å². The molecule has 2 aliphatic heterocycles. The van der Waals surface area contributed by atoms with E-state index in [1.165, 1.54) is 28.0 Å². The second-order valence-corrected chi connectivity index (χ2v) is 6.65. The van der Waals surface area contributed by atoms with Gasteiger partial charge in [0.05, 0.1) is 0 Å². The van der Waals surface area contributed by atoms with Crippen molar-refractivity contribution in [3.05, 3.63) is 52.8 Å². The number of hydrogen-bond acceptors (Lipinski definition) is 4. The Morgan fingerprint density at radius 2 is 1.74 bits per heavy atom. The average molecular weight is 391 g/mol. The molecule has 0 N–H and O–H groups in total. The molecule has 1 saturated heterocycles. The number of nitrogens with zero attached hydrogens (tertiary/aromatic N) is 2. The van der Waals surface area contributed by atoms with Gasteiger partial charge in [-0.3, -0.25) is 9.59 Å². The van der Waals surface area contributed by atoms with Crippen molar-refractivity contribution < 1.29 is 23.5 Å². The second-order valence-electron chi connectivity index (χ2n) is 6.25. The standard InChI is InChI=1S/C19H16ClFN2O4/c20-15-9-13(21)2-1-12(15)11-22-5-6-23(19(25)18(22)24)14-3-4-16-17(10-14)27-8-7-26-16/h1-4,9-10H,5-8,11H2. The fraction of sp³-hybridized carbons (Fsp3) is 0.263. The van der Waals surface area contributed by atoms with Crippen LogP contribution in [0.5, 0.6) is 11.5 Å². The van der Waals surface area contributed by atoms with Crippen molar-refractivity contribution in [1.82, 2.24) is 4.90 Å². The number of halogens is 2. The Hall–Kier alpha value is -2.80. The van der Waals surface area contributed by atoms with E-state index in [1.807, 2.05) is 0 Å². The van der Waals surface area contributed by atoms with E-state index in [-0.39, 0.29) is 11.6 Å². The number of benzene rings is 2. The van der Waals surface area contributed by atoms with Crippen LogP contribution in [0.1, 0.15) is 5.56 Å². The molecule has 6 nitrogen and oxygen atoms in total. The van der Waals surface area contributed by atoms with Crippen LogP contribution in [0.15, 0.2) is 36.4 Å². The fourth-order valence-electron chi connectivity index (χ4n) is 3.13. The van der Waals surface area contributed by atoms with E-state index in [0.717, 1.165) is 0 Å². The van der Waals surface area contributed by atoms with Gasteiger partial charge in [0.15, 0.2) is 11.5 Å². The van der Waals surface area contributed by atoms with Crippen LogP contribution in [0.3, 0.4) is 0 Å². The van der Waals surface area contributed by atoms with E-state index >= 15 is 0 Å². The van der Waals surface area contributed by atoms with Crippen LogP contribution in [-0.4, -0.2) is 43.0 Å². The predicted molar refractivity (Wildman–Crippen MR) is 96.6 cm³/mol. The van der Waals surface area contributed by atoms with E-state index in [2.05, 4.69) is 0 Å². The molecule has 140 valence electrons. The minimum atomic E-state index is -0.629. The molecule has 8 heteroatoms. The van der Waals surface area contributed by atoms with Crippen molar-refractivity contribution in [3.8, 4) is 11.5 Å². The van der Waals surface area contributed by atoms with Crippen molar-refractivity contribution in [2.45, 2.75) is 6.54 Å². The Morgan fingerprint density at radius 3 is 2.52 bits per heavy atom. The molecule has 0 saturated carbocycles. The average Bonchev–Trinajstić information content (AvgIpc) is 2.67. The summed E-state index contributed by atoms with van der Waals surface area (Å²) in [6, 6.07) is 9.14. The first-order valence-electron chi connectivity index (χ1n) is 8.47. The minimum Gasteiger partial charge on any atom is -0.486 e. The van der Waals surface area contributed by atoms with Crippen LogP contribution in [0.4, 0.5) is 10.1 Å². The highest BCUT2D eigenvalue weighted by molar-refractivity contribution is 6.41. The van der Waals surface area contributed by atoms with Gasteiger partial charge in [-0.05, 0) is 29.8 Å². The summed E-state index contributed by atoms with van der Waals surface area (Å²) >= 11 is 6.03. The zero-order valence-electron chi connectivity index (χ0n) is 14.3. The summed E-state index contributed by atoms with van der Waals surface area (Å²) in [6.07, 6.45) is 0. The largest absolute Gasteiger partial charge is 0.486 e. The molecule has 0 radical (unpaired) electrons. The zero-order chi connectivity index (χ0) is 19.0. The smallest absolute Gasteiger partial charge is 0.316 e. The van der Waals surface area contributed by atoms with Crippen molar-refractivity contribution in [1.29, 1.82) is 0 Å². The Balaban J connectivity index is 1.50. The summed E-state index contributed by atoms with van der Waals surface area (Å²) in [6.45, 7) is 1.75. The number of piperazine rings is 1. The number of rotatable bonds is 3. The zero-order valence-corrected chi connectivity index (χ0v) is 15.0. The number of fused-ring (bicyclic) bond motifs is 1. The molecule has 2 aromatic carbocycles. The molecule has 0 aliphatic carbocycles. The molecular weight excluding hydrogens is 375 g/mol. The van der Waals surface area contributed by atoms with Crippen LogP contribution < -0.4 is 14.4 Å². The Labute approximate surface area is 160 Å². The molecule has 4 rings (SSSR count). The lowest BCUT2D eigenvalue weighted by atomic mass is 10.1. The number of ether oxygens (including phenoxy) is 2. The highest BCUT2D eigenvalue weighted by Crippen LogP contribution is 2.34. The summed E-state index contributed by atoms with van der Waals surface area (Å²) in [5, 5.41) is 0.226.